The van der Waals surface area contributed by atoms with E-state index in [-0.39, 0.29) is 13.1 Å². The molecule has 8 nitrogen and oxygen atoms in total. The van der Waals surface area contributed by atoms with Gasteiger partial charge in [0.2, 0.25) is 0 Å². The van der Waals surface area contributed by atoms with Crippen molar-refractivity contribution in [2.75, 3.05) is 13.1 Å². The van der Waals surface area contributed by atoms with Gasteiger partial charge in [-0.1, -0.05) is 10.2 Å². The van der Waals surface area contributed by atoms with Crippen molar-refractivity contribution in [1.82, 2.24) is 0 Å². The molecular weight excluding hydrogens is 164 g/mol. The van der Waals surface area contributed by atoms with Gasteiger partial charge in [0.25, 0.3) is 0 Å². The van der Waals surface area contributed by atoms with Gasteiger partial charge >= 0.3 is 0 Å². The lowest BCUT2D eigenvalue weighted by Gasteiger charge is -2.12. The first-order valence-electron chi connectivity index (χ1n) is 3.10. The highest BCUT2D eigenvalue weighted by Gasteiger charge is 2.13. The number of hydrogen-bond donors (Lipinski definition) is 2. The Labute approximate surface area is 67.7 Å². The van der Waals surface area contributed by atoms with E-state index in [0.29, 0.717) is 0 Å². The molecule has 0 saturated heterocycles. The molecule has 66 valence electrons. The van der Waals surface area contributed by atoms with Crippen LogP contribution in [0, 0.1) is 0 Å². The number of azide groups is 2. The molecule has 0 aliphatic rings. The van der Waals surface area contributed by atoms with Crippen LogP contribution in [0.2, 0.25) is 0 Å². The van der Waals surface area contributed by atoms with E-state index < -0.39 is 12.2 Å². The zero-order chi connectivity index (χ0) is 9.40. The second kappa shape index (κ2) is 6.26. The molecule has 0 radical (unpaired) electrons. The van der Waals surface area contributed by atoms with Crippen LogP contribution in [0.15, 0.2) is 10.2 Å². The van der Waals surface area contributed by atoms with Gasteiger partial charge in [-0.25, -0.2) is 0 Å². The fourth-order valence-corrected chi connectivity index (χ4v) is 0.484. The summed E-state index contributed by atoms with van der Waals surface area (Å²) in [6, 6.07) is 0. The molecule has 0 aromatic heterocycles. The van der Waals surface area contributed by atoms with Gasteiger partial charge in [0.05, 0.1) is 25.3 Å². The molecule has 0 aromatic rings. The monoisotopic (exact) mass is 172 g/mol. The molecule has 2 unspecified atom stereocenters. The highest BCUT2D eigenvalue weighted by atomic mass is 16.3. The molecule has 0 saturated carbocycles. The van der Waals surface area contributed by atoms with Crippen molar-refractivity contribution in [3.8, 4) is 0 Å². The van der Waals surface area contributed by atoms with Crippen LogP contribution >= 0.6 is 0 Å². The van der Waals surface area contributed by atoms with E-state index in [1.54, 1.807) is 0 Å². The number of hydrogen-bond acceptors (Lipinski definition) is 4. The van der Waals surface area contributed by atoms with Gasteiger partial charge in [-0.3, -0.25) is 0 Å². The molecular formula is C4H8N6O2. The second-order valence-corrected chi connectivity index (χ2v) is 1.96. The molecule has 0 aliphatic carbocycles. The van der Waals surface area contributed by atoms with Gasteiger partial charge in [-0.15, -0.1) is 0 Å². The smallest absolute Gasteiger partial charge is 0.0856 e. The summed E-state index contributed by atoms with van der Waals surface area (Å²) in [6.07, 6.45) is -2.38. The van der Waals surface area contributed by atoms with E-state index in [2.05, 4.69) is 20.1 Å². The Morgan fingerprint density at radius 3 is 1.58 bits per heavy atom. The second-order valence-electron chi connectivity index (χ2n) is 1.96. The summed E-state index contributed by atoms with van der Waals surface area (Å²) in [7, 11) is 0. The standard InChI is InChI=1S/C4H8N6O2/c5-9-7-1-3(11)4(12)2-8-10-6/h3-4,11-12H,1-2H2. The van der Waals surface area contributed by atoms with Crippen LogP contribution in [-0.4, -0.2) is 35.5 Å². The predicted octanol–water partition coefficient (Wildman–Crippen LogP) is 0.329. The van der Waals surface area contributed by atoms with Gasteiger partial charge in [0.1, 0.15) is 0 Å². The Hall–Kier alpha value is -1.46. The van der Waals surface area contributed by atoms with Crippen molar-refractivity contribution < 1.29 is 10.2 Å². The summed E-state index contributed by atoms with van der Waals surface area (Å²) in [5.74, 6) is 0. The summed E-state index contributed by atoms with van der Waals surface area (Å²) in [4.78, 5) is 4.78. The van der Waals surface area contributed by atoms with E-state index in [1.165, 1.54) is 0 Å². The number of aliphatic hydroxyl groups excluding tert-OH is 2. The van der Waals surface area contributed by atoms with Gasteiger partial charge in [0.15, 0.2) is 0 Å². The Balaban J connectivity index is 3.82. The molecule has 2 atom stereocenters. The van der Waals surface area contributed by atoms with E-state index in [0.717, 1.165) is 0 Å². The summed E-state index contributed by atoms with van der Waals surface area (Å²) in [5, 5.41) is 24.0. The Morgan fingerprint density at radius 1 is 1.00 bits per heavy atom. The van der Waals surface area contributed by atoms with Crippen LogP contribution in [0.5, 0.6) is 0 Å². The van der Waals surface area contributed by atoms with Crippen LogP contribution < -0.4 is 0 Å². The normalized spacial score (nSPS) is 13.8. The van der Waals surface area contributed by atoms with E-state index in [1.807, 2.05) is 0 Å². The van der Waals surface area contributed by atoms with Gasteiger partial charge < -0.3 is 10.2 Å². The zero-order valence-corrected chi connectivity index (χ0v) is 6.15. The van der Waals surface area contributed by atoms with E-state index >= 15 is 0 Å². The van der Waals surface area contributed by atoms with Crippen LogP contribution in [0.3, 0.4) is 0 Å². The van der Waals surface area contributed by atoms with Crippen LogP contribution in [0.25, 0.3) is 20.9 Å². The van der Waals surface area contributed by atoms with Gasteiger partial charge in [-0.2, -0.15) is 0 Å². The van der Waals surface area contributed by atoms with E-state index in [4.69, 9.17) is 21.3 Å². The highest BCUT2D eigenvalue weighted by Crippen LogP contribution is 1.95. The predicted molar refractivity (Wildman–Crippen MR) is 40.0 cm³/mol. The first kappa shape index (κ1) is 10.5. The van der Waals surface area contributed by atoms with Crippen molar-refractivity contribution in [2.24, 2.45) is 10.2 Å². The average Bonchev–Trinajstić information content (AvgIpc) is 2.10. The third-order valence-electron chi connectivity index (χ3n) is 1.11. The summed E-state index contributed by atoms with van der Waals surface area (Å²) in [6.45, 7) is -0.475. The van der Waals surface area contributed by atoms with Crippen molar-refractivity contribution >= 4 is 0 Å². The Bertz CT molecular complexity index is 194. The lowest BCUT2D eigenvalue weighted by atomic mass is 10.2. The van der Waals surface area contributed by atoms with Crippen molar-refractivity contribution in [3.63, 3.8) is 0 Å². The molecule has 0 amide bonds. The SMILES string of the molecule is [N-]=[N+]=NCC(O)C(O)CN=[N+]=[N-]. The van der Waals surface area contributed by atoms with Gasteiger partial charge in [-0.05, 0) is 11.1 Å². The highest BCUT2D eigenvalue weighted by molar-refractivity contribution is 4.71. The maximum atomic E-state index is 8.98. The van der Waals surface area contributed by atoms with Crippen molar-refractivity contribution in [1.29, 1.82) is 0 Å². The minimum absolute atomic E-state index is 0.237. The first-order chi connectivity index (χ1) is 5.72. The molecule has 2 N–H and O–H groups in total. The van der Waals surface area contributed by atoms with Crippen LogP contribution in [0.4, 0.5) is 0 Å². The Morgan fingerprint density at radius 2 is 1.33 bits per heavy atom. The molecule has 0 fully saturated rings. The first-order valence-corrected chi connectivity index (χ1v) is 3.10. The fraction of sp³-hybridized carbons (Fsp3) is 1.00. The molecule has 0 heterocycles. The molecule has 12 heavy (non-hydrogen) atoms. The minimum Gasteiger partial charge on any atom is -0.390 e. The lowest BCUT2D eigenvalue weighted by molar-refractivity contribution is 0.0313. The van der Waals surface area contributed by atoms with E-state index in [9.17, 15) is 0 Å². The fourth-order valence-electron chi connectivity index (χ4n) is 0.484. The molecule has 0 aromatic carbocycles. The molecule has 0 spiro atoms. The van der Waals surface area contributed by atoms with Crippen molar-refractivity contribution in [3.05, 3.63) is 20.9 Å². The molecule has 0 bridgehead atoms. The maximum Gasteiger partial charge on any atom is 0.0856 e. The van der Waals surface area contributed by atoms with Crippen molar-refractivity contribution in [2.45, 2.75) is 12.2 Å². The summed E-state index contributed by atoms with van der Waals surface area (Å²) < 4.78 is 0. The Kier molecular flexibility index (Phi) is 5.50. The molecule has 0 aliphatic heterocycles. The lowest BCUT2D eigenvalue weighted by Crippen LogP contribution is -2.30. The minimum atomic E-state index is -1.19. The summed E-state index contributed by atoms with van der Waals surface area (Å²) in [5.41, 5.74) is 15.7. The topological polar surface area (TPSA) is 138 Å². The third kappa shape index (κ3) is 4.37. The van der Waals surface area contributed by atoms with Crippen LogP contribution in [-0.2, 0) is 0 Å². The molecule has 8 heteroatoms. The number of nitrogens with zero attached hydrogens (tertiary/aromatic N) is 6. The zero-order valence-electron chi connectivity index (χ0n) is 6.15. The maximum absolute atomic E-state index is 8.98. The number of aliphatic hydroxyl groups is 2. The quantitative estimate of drug-likeness (QED) is 0.350. The van der Waals surface area contributed by atoms with Gasteiger partial charge in [0, 0.05) is 9.82 Å². The largest absolute Gasteiger partial charge is 0.390 e. The average molecular weight is 172 g/mol. The molecule has 0 rings (SSSR count). The number of rotatable bonds is 5. The van der Waals surface area contributed by atoms with Crippen LogP contribution in [0.1, 0.15) is 0 Å². The summed E-state index contributed by atoms with van der Waals surface area (Å²) >= 11 is 0. The third-order valence-corrected chi connectivity index (χ3v) is 1.11.